The lowest BCUT2D eigenvalue weighted by Gasteiger charge is -2.10. The summed E-state index contributed by atoms with van der Waals surface area (Å²) in [6.07, 6.45) is 0. The second-order valence-electron chi connectivity index (χ2n) is 5.10. The van der Waals surface area contributed by atoms with Crippen LogP contribution in [0, 0.1) is 12.7 Å². The zero-order chi connectivity index (χ0) is 15.0. The molecule has 3 nitrogen and oxygen atoms in total. The Hall–Kier alpha value is -1.94. The van der Waals surface area contributed by atoms with E-state index in [2.05, 4.69) is 9.97 Å². The number of aromatic nitrogens is 3. The molecule has 2 aromatic heterocycles. The maximum atomic E-state index is 13.4. The molecule has 0 saturated heterocycles. The molecule has 3 rings (SSSR count). The maximum Gasteiger partial charge on any atom is 0.160 e. The predicted octanol–water partition coefficient (Wildman–Crippen LogP) is 4.23. The summed E-state index contributed by atoms with van der Waals surface area (Å²) in [6.45, 7) is 4.30. The predicted molar refractivity (Wildman–Crippen MR) is 82.0 cm³/mol. The number of alkyl halides is 1. The summed E-state index contributed by atoms with van der Waals surface area (Å²) >= 11 is 6.23. The molecule has 3 aromatic rings. The molecule has 0 fully saturated rings. The molecule has 1 atom stereocenters. The number of pyridine rings is 1. The van der Waals surface area contributed by atoms with E-state index in [4.69, 9.17) is 11.6 Å². The molecule has 0 aliphatic heterocycles. The summed E-state index contributed by atoms with van der Waals surface area (Å²) in [5.41, 5.74) is 3.36. The van der Waals surface area contributed by atoms with Crippen LogP contribution in [0.2, 0.25) is 0 Å². The van der Waals surface area contributed by atoms with Gasteiger partial charge >= 0.3 is 0 Å². The van der Waals surface area contributed by atoms with E-state index in [-0.39, 0.29) is 11.2 Å². The van der Waals surface area contributed by atoms with E-state index < -0.39 is 0 Å². The number of fused-ring (bicyclic) bond motifs is 1. The molecule has 1 aromatic carbocycles. The monoisotopic (exact) mass is 303 g/mol. The van der Waals surface area contributed by atoms with Crippen LogP contribution in [0.5, 0.6) is 0 Å². The van der Waals surface area contributed by atoms with E-state index in [9.17, 15) is 4.39 Å². The summed E-state index contributed by atoms with van der Waals surface area (Å²) in [7, 11) is 0. The Bertz CT molecular complexity index is 795. The topological polar surface area (TPSA) is 30.7 Å². The zero-order valence-electron chi connectivity index (χ0n) is 11.8. The van der Waals surface area contributed by atoms with Crippen LogP contribution in [0.3, 0.4) is 0 Å². The van der Waals surface area contributed by atoms with Gasteiger partial charge in [-0.2, -0.15) is 0 Å². The molecule has 0 saturated carbocycles. The quantitative estimate of drug-likeness (QED) is 0.678. The number of benzene rings is 1. The van der Waals surface area contributed by atoms with E-state index in [1.54, 1.807) is 6.07 Å². The van der Waals surface area contributed by atoms with Crippen LogP contribution in [-0.2, 0) is 6.54 Å². The van der Waals surface area contributed by atoms with Crippen LogP contribution >= 0.6 is 11.6 Å². The van der Waals surface area contributed by atoms with E-state index in [1.807, 2.05) is 36.6 Å². The van der Waals surface area contributed by atoms with Crippen LogP contribution in [0.1, 0.15) is 29.4 Å². The first-order valence-electron chi connectivity index (χ1n) is 6.77. The average molecular weight is 304 g/mol. The first-order chi connectivity index (χ1) is 10.0. The molecule has 0 spiro atoms. The molecule has 0 bridgehead atoms. The third-order valence-electron chi connectivity index (χ3n) is 3.35. The van der Waals surface area contributed by atoms with Crippen LogP contribution in [0.25, 0.3) is 11.2 Å². The summed E-state index contributed by atoms with van der Waals surface area (Å²) in [4.78, 5) is 9.09. The number of nitrogens with zero attached hydrogens (tertiary/aromatic N) is 3. The second-order valence-corrected chi connectivity index (χ2v) is 5.75. The minimum Gasteiger partial charge on any atom is -0.307 e. The molecule has 0 aliphatic carbocycles. The SMILES string of the molecule is Cc1ccc2nc(C(C)Cl)n(Cc3cccc(F)c3)c2n1. The zero-order valence-corrected chi connectivity index (χ0v) is 12.6. The van der Waals surface area contributed by atoms with E-state index >= 15 is 0 Å². The largest absolute Gasteiger partial charge is 0.307 e. The molecule has 0 aliphatic rings. The van der Waals surface area contributed by atoms with Crippen LogP contribution in [-0.4, -0.2) is 14.5 Å². The molecule has 21 heavy (non-hydrogen) atoms. The number of halogens is 2. The lowest BCUT2D eigenvalue weighted by Crippen LogP contribution is -2.07. The van der Waals surface area contributed by atoms with Crippen molar-refractivity contribution in [1.29, 1.82) is 0 Å². The van der Waals surface area contributed by atoms with E-state index in [0.29, 0.717) is 6.54 Å². The molecular formula is C16H15ClFN3. The Labute approximate surface area is 127 Å². The van der Waals surface area contributed by atoms with E-state index in [0.717, 1.165) is 28.2 Å². The number of rotatable bonds is 3. The van der Waals surface area contributed by atoms with Gasteiger partial charge in [0.05, 0.1) is 11.9 Å². The normalized spacial score (nSPS) is 12.8. The highest BCUT2D eigenvalue weighted by Gasteiger charge is 2.16. The van der Waals surface area contributed by atoms with Crippen molar-refractivity contribution in [3.8, 4) is 0 Å². The van der Waals surface area contributed by atoms with Gasteiger partial charge in [-0.25, -0.2) is 14.4 Å². The van der Waals surface area contributed by atoms with E-state index in [1.165, 1.54) is 12.1 Å². The highest BCUT2D eigenvalue weighted by Crippen LogP contribution is 2.25. The second kappa shape index (κ2) is 5.45. The fourth-order valence-corrected chi connectivity index (χ4v) is 2.56. The standard InChI is InChI=1S/C16H15ClFN3/c1-10-6-7-14-16(19-10)21(15(20-14)11(2)17)9-12-4-3-5-13(18)8-12/h3-8,11H,9H2,1-2H3. The highest BCUT2D eigenvalue weighted by atomic mass is 35.5. The van der Waals surface area contributed by atoms with Gasteiger partial charge in [0.1, 0.15) is 17.2 Å². The van der Waals surface area contributed by atoms with Crippen molar-refractivity contribution in [1.82, 2.24) is 14.5 Å². The number of hydrogen-bond donors (Lipinski definition) is 0. The van der Waals surface area contributed by atoms with Gasteiger partial charge in [0.2, 0.25) is 0 Å². The third kappa shape index (κ3) is 2.76. The summed E-state index contributed by atoms with van der Waals surface area (Å²) in [6, 6.07) is 10.4. The van der Waals surface area contributed by atoms with Crippen molar-refractivity contribution < 1.29 is 4.39 Å². The van der Waals surface area contributed by atoms with Crippen molar-refractivity contribution in [2.75, 3.05) is 0 Å². The van der Waals surface area contributed by atoms with Crippen molar-refractivity contribution >= 4 is 22.8 Å². The minimum absolute atomic E-state index is 0.243. The van der Waals surface area contributed by atoms with Gasteiger partial charge in [0.25, 0.3) is 0 Å². The first-order valence-corrected chi connectivity index (χ1v) is 7.20. The Morgan fingerprint density at radius 1 is 1.24 bits per heavy atom. The number of hydrogen-bond acceptors (Lipinski definition) is 2. The summed E-state index contributed by atoms with van der Waals surface area (Å²) < 4.78 is 15.3. The first kappa shape index (κ1) is 14.0. The Balaban J connectivity index is 2.14. The fraction of sp³-hybridized carbons (Fsp3) is 0.250. The molecule has 2 heterocycles. The van der Waals surface area contributed by atoms with Crippen LogP contribution in [0.15, 0.2) is 36.4 Å². The maximum absolute atomic E-state index is 13.4. The molecular weight excluding hydrogens is 289 g/mol. The molecule has 108 valence electrons. The molecule has 0 radical (unpaired) electrons. The third-order valence-corrected chi connectivity index (χ3v) is 3.54. The van der Waals surface area contributed by atoms with Crippen molar-refractivity contribution in [2.24, 2.45) is 0 Å². The summed E-state index contributed by atoms with van der Waals surface area (Å²) in [5.74, 6) is 0.496. The molecule has 5 heteroatoms. The molecule has 1 unspecified atom stereocenters. The molecule has 0 N–H and O–H groups in total. The Morgan fingerprint density at radius 3 is 2.76 bits per heavy atom. The summed E-state index contributed by atoms with van der Waals surface area (Å²) in [5, 5.41) is -0.243. The number of aryl methyl sites for hydroxylation is 1. The molecule has 0 amide bonds. The van der Waals surface area contributed by atoms with Crippen molar-refractivity contribution in [3.05, 3.63) is 59.3 Å². The van der Waals surface area contributed by atoms with Gasteiger partial charge in [-0.05, 0) is 43.7 Å². The van der Waals surface area contributed by atoms with Gasteiger partial charge in [-0.15, -0.1) is 11.6 Å². The Morgan fingerprint density at radius 2 is 2.05 bits per heavy atom. The van der Waals surface area contributed by atoms with Gasteiger partial charge in [-0.3, -0.25) is 0 Å². The minimum atomic E-state index is -0.249. The van der Waals surface area contributed by atoms with Crippen LogP contribution in [0.4, 0.5) is 4.39 Å². The lowest BCUT2D eigenvalue weighted by atomic mass is 10.2. The smallest absolute Gasteiger partial charge is 0.160 e. The van der Waals surface area contributed by atoms with Crippen LogP contribution < -0.4 is 0 Å². The van der Waals surface area contributed by atoms with Crippen molar-refractivity contribution in [2.45, 2.75) is 25.8 Å². The Kier molecular flexibility index (Phi) is 3.64. The lowest BCUT2D eigenvalue weighted by molar-refractivity contribution is 0.622. The fourth-order valence-electron chi connectivity index (χ4n) is 2.39. The highest BCUT2D eigenvalue weighted by molar-refractivity contribution is 6.20. The number of imidazole rings is 1. The van der Waals surface area contributed by atoms with Gasteiger partial charge in [-0.1, -0.05) is 12.1 Å². The van der Waals surface area contributed by atoms with Gasteiger partial charge in [0.15, 0.2) is 5.65 Å². The van der Waals surface area contributed by atoms with Gasteiger partial charge < -0.3 is 4.57 Å². The van der Waals surface area contributed by atoms with Gasteiger partial charge in [0, 0.05) is 5.69 Å². The van der Waals surface area contributed by atoms with Crippen molar-refractivity contribution in [3.63, 3.8) is 0 Å². The average Bonchev–Trinajstić information content (AvgIpc) is 2.77.